The summed E-state index contributed by atoms with van der Waals surface area (Å²) in [5.41, 5.74) is 7.78. The highest BCUT2D eigenvalue weighted by Gasteiger charge is 2.06. The van der Waals surface area contributed by atoms with Gasteiger partial charge in [-0.25, -0.2) is 15.0 Å². The summed E-state index contributed by atoms with van der Waals surface area (Å²) in [6.07, 6.45) is 6.81. The molecule has 0 saturated heterocycles. The van der Waals surface area contributed by atoms with Crippen molar-refractivity contribution in [2.45, 2.75) is 19.5 Å². The van der Waals surface area contributed by atoms with Gasteiger partial charge in [-0.15, -0.1) is 0 Å². The van der Waals surface area contributed by atoms with Crippen LogP contribution in [0, 0.1) is 0 Å². The topological polar surface area (TPSA) is 69.6 Å². The lowest BCUT2D eigenvalue weighted by molar-refractivity contribution is 0.664. The van der Waals surface area contributed by atoms with Crippen molar-refractivity contribution in [2.24, 2.45) is 5.73 Å². The molecule has 0 aliphatic rings. The Morgan fingerprint density at radius 1 is 1.47 bits per heavy atom. The third-order valence-corrected chi connectivity index (χ3v) is 2.19. The predicted octanol–water partition coefficient (Wildman–Crippen LogP) is 0.741. The zero-order valence-electron chi connectivity index (χ0n) is 8.54. The van der Waals surface area contributed by atoms with Gasteiger partial charge in [0.15, 0.2) is 0 Å². The maximum Gasteiger partial charge on any atom is 0.115 e. The number of nitrogens with two attached hydrogens (primary N) is 1. The Kier molecular flexibility index (Phi) is 2.73. The molecule has 0 bridgehead atoms. The van der Waals surface area contributed by atoms with Crippen LogP contribution in [0.25, 0.3) is 0 Å². The molecule has 0 spiro atoms. The van der Waals surface area contributed by atoms with E-state index in [9.17, 15) is 0 Å². The summed E-state index contributed by atoms with van der Waals surface area (Å²) in [7, 11) is 0. The van der Waals surface area contributed by atoms with Crippen molar-refractivity contribution in [3.8, 4) is 0 Å². The summed E-state index contributed by atoms with van der Waals surface area (Å²) >= 11 is 0. The summed E-state index contributed by atoms with van der Waals surface area (Å²) < 4.78 is 1.99. The second-order valence-corrected chi connectivity index (χ2v) is 3.44. The molecule has 2 rings (SSSR count). The van der Waals surface area contributed by atoms with Crippen LogP contribution < -0.4 is 5.73 Å². The van der Waals surface area contributed by atoms with Crippen LogP contribution in [0.5, 0.6) is 0 Å². The standard InChI is InChI=1S/C10H13N5/c1-8(11)10-4-13-7-15(10)5-9-2-3-12-6-14-9/h2-4,6-8H,5,11H2,1H3/t8-/m1/s1. The largest absolute Gasteiger partial charge is 0.327 e. The van der Waals surface area contributed by atoms with Crippen molar-refractivity contribution in [3.63, 3.8) is 0 Å². The summed E-state index contributed by atoms with van der Waals surface area (Å²) in [5, 5.41) is 0. The van der Waals surface area contributed by atoms with Crippen molar-refractivity contribution >= 4 is 0 Å². The van der Waals surface area contributed by atoms with Crippen LogP contribution >= 0.6 is 0 Å². The molecule has 0 fully saturated rings. The highest BCUT2D eigenvalue weighted by molar-refractivity contribution is 5.07. The van der Waals surface area contributed by atoms with Gasteiger partial charge in [-0.3, -0.25) is 0 Å². The van der Waals surface area contributed by atoms with Crippen molar-refractivity contribution < 1.29 is 0 Å². The van der Waals surface area contributed by atoms with Gasteiger partial charge in [0, 0.05) is 18.4 Å². The van der Waals surface area contributed by atoms with E-state index in [1.165, 1.54) is 6.33 Å². The molecule has 2 heterocycles. The van der Waals surface area contributed by atoms with Crippen molar-refractivity contribution in [3.05, 3.63) is 42.5 Å². The Labute approximate surface area is 88.0 Å². The molecule has 0 amide bonds. The second kappa shape index (κ2) is 4.18. The third kappa shape index (κ3) is 2.19. The number of imidazole rings is 1. The zero-order valence-corrected chi connectivity index (χ0v) is 8.54. The lowest BCUT2D eigenvalue weighted by Gasteiger charge is -2.09. The molecule has 0 aliphatic carbocycles. The molecule has 1 atom stereocenters. The number of nitrogens with zero attached hydrogens (tertiary/aromatic N) is 4. The van der Waals surface area contributed by atoms with E-state index in [0.717, 1.165) is 11.4 Å². The molecular weight excluding hydrogens is 190 g/mol. The fraction of sp³-hybridized carbons (Fsp3) is 0.300. The lowest BCUT2D eigenvalue weighted by Crippen LogP contribution is -2.12. The maximum absolute atomic E-state index is 5.82. The molecule has 0 aliphatic heterocycles. The fourth-order valence-corrected chi connectivity index (χ4v) is 1.43. The van der Waals surface area contributed by atoms with E-state index in [1.807, 2.05) is 17.6 Å². The van der Waals surface area contributed by atoms with Crippen LogP contribution in [0.3, 0.4) is 0 Å². The number of aromatic nitrogens is 4. The van der Waals surface area contributed by atoms with Gasteiger partial charge < -0.3 is 10.3 Å². The monoisotopic (exact) mass is 203 g/mol. The van der Waals surface area contributed by atoms with Crippen LogP contribution in [-0.4, -0.2) is 19.5 Å². The molecule has 0 unspecified atom stereocenters. The van der Waals surface area contributed by atoms with E-state index < -0.39 is 0 Å². The Morgan fingerprint density at radius 2 is 2.33 bits per heavy atom. The molecule has 0 aromatic carbocycles. The smallest absolute Gasteiger partial charge is 0.115 e. The van der Waals surface area contributed by atoms with Crippen LogP contribution in [0.1, 0.15) is 24.4 Å². The average molecular weight is 203 g/mol. The Balaban J connectivity index is 2.21. The molecule has 15 heavy (non-hydrogen) atoms. The van der Waals surface area contributed by atoms with Crippen LogP contribution in [0.4, 0.5) is 0 Å². The minimum Gasteiger partial charge on any atom is -0.327 e. The summed E-state index contributed by atoms with van der Waals surface area (Å²) in [6, 6.07) is 1.86. The second-order valence-electron chi connectivity index (χ2n) is 3.44. The van der Waals surface area contributed by atoms with Crippen LogP contribution in [-0.2, 0) is 6.54 Å². The molecule has 5 heteroatoms. The van der Waals surface area contributed by atoms with E-state index in [4.69, 9.17) is 5.73 Å². The normalized spacial score (nSPS) is 12.7. The molecule has 0 saturated carbocycles. The van der Waals surface area contributed by atoms with Gasteiger partial charge in [-0.1, -0.05) is 0 Å². The van der Waals surface area contributed by atoms with Gasteiger partial charge in [0.05, 0.1) is 24.3 Å². The van der Waals surface area contributed by atoms with E-state index in [2.05, 4.69) is 15.0 Å². The number of hydrogen-bond donors (Lipinski definition) is 1. The van der Waals surface area contributed by atoms with Crippen LogP contribution in [0.15, 0.2) is 31.1 Å². The quantitative estimate of drug-likeness (QED) is 0.798. The molecular formula is C10H13N5. The molecule has 78 valence electrons. The molecule has 2 N–H and O–H groups in total. The van der Waals surface area contributed by atoms with Crippen LogP contribution in [0.2, 0.25) is 0 Å². The SMILES string of the molecule is C[C@@H](N)c1cncn1Cc1ccncn1. The first-order valence-electron chi connectivity index (χ1n) is 4.78. The zero-order chi connectivity index (χ0) is 10.7. The first kappa shape index (κ1) is 9.79. The lowest BCUT2D eigenvalue weighted by atomic mass is 10.2. The van der Waals surface area contributed by atoms with E-state index in [-0.39, 0.29) is 6.04 Å². The van der Waals surface area contributed by atoms with E-state index in [1.54, 1.807) is 18.7 Å². The maximum atomic E-state index is 5.82. The van der Waals surface area contributed by atoms with Gasteiger partial charge in [0.25, 0.3) is 0 Å². The minimum absolute atomic E-state index is 0.0191. The van der Waals surface area contributed by atoms with Crippen molar-refractivity contribution in [1.29, 1.82) is 0 Å². The van der Waals surface area contributed by atoms with Gasteiger partial charge in [0.1, 0.15) is 6.33 Å². The van der Waals surface area contributed by atoms with E-state index in [0.29, 0.717) is 6.54 Å². The molecule has 2 aromatic heterocycles. The fourth-order valence-electron chi connectivity index (χ4n) is 1.43. The average Bonchev–Trinajstić information content (AvgIpc) is 2.67. The number of rotatable bonds is 3. The molecule has 2 aromatic rings. The first-order valence-corrected chi connectivity index (χ1v) is 4.78. The van der Waals surface area contributed by atoms with Gasteiger partial charge in [0.2, 0.25) is 0 Å². The summed E-state index contributed by atoms with van der Waals surface area (Å²) in [4.78, 5) is 12.1. The van der Waals surface area contributed by atoms with Crippen molar-refractivity contribution in [2.75, 3.05) is 0 Å². The van der Waals surface area contributed by atoms with Gasteiger partial charge in [-0.2, -0.15) is 0 Å². The van der Waals surface area contributed by atoms with Gasteiger partial charge >= 0.3 is 0 Å². The summed E-state index contributed by atoms with van der Waals surface area (Å²) in [6.45, 7) is 2.62. The molecule has 5 nitrogen and oxygen atoms in total. The van der Waals surface area contributed by atoms with E-state index >= 15 is 0 Å². The third-order valence-electron chi connectivity index (χ3n) is 2.19. The predicted molar refractivity (Wildman–Crippen MR) is 56.0 cm³/mol. The Bertz CT molecular complexity index is 420. The summed E-state index contributed by atoms with van der Waals surface area (Å²) in [5.74, 6) is 0. The molecule has 0 radical (unpaired) electrons. The Morgan fingerprint density at radius 3 is 3.00 bits per heavy atom. The van der Waals surface area contributed by atoms with Crippen molar-refractivity contribution in [1.82, 2.24) is 19.5 Å². The Hall–Kier alpha value is -1.75. The first-order chi connectivity index (χ1) is 7.27. The minimum atomic E-state index is -0.0191. The number of hydrogen-bond acceptors (Lipinski definition) is 4. The highest BCUT2D eigenvalue weighted by atomic mass is 15.1. The van der Waals surface area contributed by atoms with Gasteiger partial charge in [-0.05, 0) is 13.0 Å². The highest BCUT2D eigenvalue weighted by Crippen LogP contribution is 2.09.